The van der Waals surface area contributed by atoms with Crippen LogP contribution in [-0.2, 0) is 13.6 Å². The van der Waals surface area contributed by atoms with Crippen molar-refractivity contribution in [2.24, 2.45) is 18.7 Å². The minimum absolute atomic E-state index is 0.316. The number of piperidine rings is 1. The second-order valence-corrected chi connectivity index (χ2v) is 5.67. The largest absolute Gasteiger partial charge is 0.481 e. The summed E-state index contributed by atoms with van der Waals surface area (Å²) in [6, 6.07) is 0.316. The number of aromatic nitrogens is 2. The molecule has 5 heteroatoms. The maximum atomic E-state index is 5.99. The van der Waals surface area contributed by atoms with E-state index < -0.39 is 0 Å². The molecule has 0 bridgehead atoms. The molecule has 1 unspecified atom stereocenters. The molecule has 0 saturated carbocycles. The molecule has 0 spiro atoms. The Labute approximate surface area is 115 Å². The van der Waals surface area contributed by atoms with Crippen LogP contribution in [-0.4, -0.2) is 40.9 Å². The highest BCUT2D eigenvalue weighted by molar-refractivity contribution is 5.30. The highest BCUT2D eigenvalue weighted by atomic mass is 16.5. The molecule has 0 aromatic carbocycles. The van der Waals surface area contributed by atoms with E-state index in [1.807, 2.05) is 18.7 Å². The van der Waals surface area contributed by atoms with Crippen LogP contribution in [0.4, 0.5) is 0 Å². The van der Waals surface area contributed by atoms with Crippen LogP contribution in [0.15, 0.2) is 0 Å². The number of aryl methyl sites for hydroxylation is 2. The van der Waals surface area contributed by atoms with Crippen molar-refractivity contribution in [2.45, 2.75) is 39.3 Å². The van der Waals surface area contributed by atoms with Gasteiger partial charge in [-0.25, -0.2) is 4.68 Å². The first-order chi connectivity index (χ1) is 9.02. The highest BCUT2D eigenvalue weighted by Crippen LogP contribution is 2.26. The van der Waals surface area contributed by atoms with Gasteiger partial charge < -0.3 is 10.5 Å². The Bertz CT molecular complexity index is 419. The van der Waals surface area contributed by atoms with E-state index >= 15 is 0 Å². The minimum atomic E-state index is 0.316. The molecule has 0 aliphatic carbocycles. The third-order valence-electron chi connectivity index (χ3n) is 4.24. The average molecular weight is 266 g/mol. The summed E-state index contributed by atoms with van der Waals surface area (Å²) in [4.78, 5) is 2.48. The summed E-state index contributed by atoms with van der Waals surface area (Å²) in [6.07, 6.45) is 2.39. The molecule has 1 aromatic rings. The summed E-state index contributed by atoms with van der Waals surface area (Å²) in [5.74, 6) is 1.56. The molecule has 2 rings (SSSR count). The van der Waals surface area contributed by atoms with Gasteiger partial charge in [0.05, 0.1) is 18.4 Å². The van der Waals surface area contributed by atoms with Crippen LogP contribution in [0.3, 0.4) is 0 Å². The number of methoxy groups -OCH3 is 1. The molecule has 0 radical (unpaired) electrons. The molecule has 2 heterocycles. The number of hydrogen-bond acceptors (Lipinski definition) is 4. The van der Waals surface area contributed by atoms with Gasteiger partial charge in [0.2, 0.25) is 5.88 Å². The zero-order valence-corrected chi connectivity index (χ0v) is 12.5. The van der Waals surface area contributed by atoms with Gasteiger partial charge in [-0.05, 0) is 45.7 Å². The maximum absolute atomic E-state index is 5.99. The Hall–Kier alpha value is -1.07. The van der Waals surface area contributed by atoms with Crippen molar-refractivity contribution in [1.29, 1.82) is 0 Å². The summed E-state index contributed by atoms with van der Waals surface area (Å²) in [5.41, 5.74) is 8.26. The van der Waals surface area contributed by atoms with Gasteiger partial charge in [0.15, 0.2) is 0 Å². The van der Waals surface area contributed by atoms with Gasteiger partial charge in [0, 0.05) is 19.6 Å². The van der Waals surface area contributed by atoms with Gasteiger partial charge in [0.1, 0.15) is 0 Å². The zero-order chi connectivity index (χ0) is 14.0. The third kappa shape index (κ3) is 3.09. The quantitative estimate of drug-likeness (QED) is 0.892. The molecular formula is C14H26N4O. The summed E-state index contributed by atoms with van der Waals surface area (Å²) in [7, 11) is 3.64. The van der Waals surface area contributed by atoms with E-state index in [9.17, 15) is 0 Å². The summed E-state index contributed by atoms with van der Waals surface area (Å²) in [6.45, 7) is 7.32. The molecule has 0 amide bonds. The molecule has 2 N–H and O–H groups in total. The first-order valence-electron chi connectivity index (χ1n) is 7.07. The van der Waals surface area contributed by atoms with Crippen molar-refractivity contribution in [2.75, 3.05) is 20.2 Å². The number of rotatable bonds is 4. The first-order valence-corrected chi connectivity index (χ1v) is 7.07. The van der Waals surface area contributed by atoms with Crippen LogP contribution in [0, 0.1) is 12.8 Å². The topological polar surface area (TPSA) is 56.3 Å². The van der Waals surface area contributed by atoms with E-state index in [1.54, 1.807) is 7.11 Å². The average Bonchev–Trinajstić information content (AvgIpc) is 2.64. The van der Waals surface area contributed by atoms with Crippen molar-refractivity contribution in [1.82, 2.24) is 14.7 Å². The summed E-state index contributed by atoms with van der Waals surface area (Å²) in [5, 5.41) is 4.44. The zero-order valence-electron chi connectivity index (χ0n) is 12.5. The molecule has 1 saturated heterocycles. The number of nitrogens with two attached hydrogens (primary N) is 1. The van der Waals surface area contributed by atoms with E-state index in [0.29, 0.717) is 12.0 Å². The van der Waals surface area contributed by atoms with E-state index in [4.69, 9.17) is 10.5 Å². The SMILES string of the molecule is COc1c(CN2CCC(C(C)N)CC2)c(C)nn1C. The second kappa shape index (κ2) is 5.92. The number of hydrogen-bond donors (Lipinski definition) is 1. The Balaban J connectivity index is 1.99. The predicted octanol–water partition coefficient (Wildman–Crippen LogP) is 1.30. The van der Waals surface area contributed by atoms with Gasteiger partial charge in [0.25, 0.3) is 0 Å². The monoisotopic (exact) mass is 266 g/mol. The van der Waals surface area contributed by atoms with Gasteiger partial charge in [-0.1, -0.05) is 0 Å². The molecule has 1 aromatic heterocycles. The predicted molar refractivity (Wildman–Crippen MR) is 76.1 cm³/mol. The molecule has 1 aliphatic rings. The lowest BCUT2D eigenvalue weighted by atomic mass is 9.91. The molecule has 19 heavy (non-hydrogen) atoms. The van der Waals surface area contributed by atoms with E-state index in [1.165, 1.54) is 18.4 Å². The lowest BCUT2D eigenvalue weighted by molar-refractivity contribution is 0.164. The Morgan fingerprint density at radius 3 is 2.58 bits per heavy atom. The number of ether oxygens (including phenoxy) is 1. The van der Waals surface area contributed by atoms with Gasteiger partial charge in [-0.15, -0.1) is 0 Å². The summed E-state index contributed by atoms with van der Waals surface area (Å²) < 4.78 is 7.27. The van der Waals surface area contributed by atoms with Crippen molar-refractivity contribution in [3.8, 4) is 5.88 Å². The fraction of sp³-hybridized carbons (Fsp3) is 0.786. The highest BCUT2D eigenvalue weighted by Gasteiger charge is 2.24. The van der Waals surface area contributed by atoms with E-state index in [-0.39, 0.29) is 0 Å². The van der Waals surface area contributed by atoms with Crippen LogP contribution in [0.1, 0.15) is 31.0 Å². The van der Waals surface area contributed by atoms with Gasteiger partial charge >= 0.3 is 0 Å². The normalized spacial score (nSPS) is 19.6. The smallest absolute Gasteiger partial charge is 0.216 e. The fourth-order valence-electron chi connectivity index (χ4n) is 2.98. The Kier molecular flexibility index (Phi) is 4.47. The van der Waals surface area contributed by atoms with Crippen LogP contribution >= 0.6 is 0 Å². The summed E-state index contributed by atoms with van der Waals surface area (Å²) >= 11 is 0. The molecule has 5 nitrogen and oxygen atoms in total. The van der Waals surface area contributed by atoms with Crippen LogP contribution in [0.5, 0.6) is 5.88 Å². The minimum Gasteiger partial charge on any atom is -0.481 e. The molecular weight excluding hydrogens is 240 g/mol. The Morgan fingerprint density at radius 2 is 2.05 bits per heavy atom. The van der Waals surface area contributed by atoms with E-state index in [0.717, 1.165) is 31.2 Å². The molecule has 108 valence electrons. The van der Waals surface area contributed by atoms with Crippen LogP contribution in [0.2, 0.25) is 0 Å². The number of nitrogens with zero attached hydrogens (tertiary/aromatic N) is 3. The van der Waals surface area contributed by atoms with Crippen molar-refractivity contribution < 1.29 is 4.74 Å². The Morgan fingerprint density at radius 1 is 1.42 bits per heavy atom. The van der Waals surface area contributed by atoms with Crippen LogP contribution in [0.25, 0.3) is 0 Å². The lowest BCUT2D eigenvalue weighted by Crippen LogP contribution is -2.39. The number of likely N-dealkylation sites (tertiary alicyclic amines) is 1. The first kappa shape index (κ1) is 14.3. The van der Waals surface area contributed by atoms with E-state index in [2.05, 4.69) is 16.9 Å². The van der Waals surface area contributed by atoms with Crippen LogP contribution < -0.4 is 10.5 Å². The molecule has 1 fully saturated rings. The second-order valence-electron chi connectivity index (χ2n) is 5.67. The van der Waals surface area contributed by atoms with Gasteiger partial charge in [-0.2, -0.15) is 5.10 Å². The third-order valence-corrected chi connectivity index (χ3v) is 4.24. The van der Waals surface area contributed by atoms with Crippen molar-refractivity contribution >= 4 is 0 Å². The standard InChI is InChI=1S/C14H26N4O/c1-10(15)12-5-7-18(8-6-12)9-13-11(2)16-17(3)14(13)19-4/h10,12H,5-9,15H2,1-4H3. The molecule has 1 atom stereocenters. The van der Waals surface area contributed by atoms with Gasteiger partial charge in [-0.3, -0.25) is 4.90 Å². The lowest BCUT2D eigenvalue weighted by Gasteiger charge is -2.33. The maximum Gasteiger partial charge on any atom is 0.216 e. The molecule has 1 aliphatic heterocycles. The fourth-order valence-corrected chi connectivity index (χ4v) is 2.98. The van der Waals surface area contributed by atoms with Crippen molar-refractivity contribution in [3.05, 3.63) is 11.3 Å². The van der Waals surface area contributed by atoms with Crippen molar-refractivity contribution in [3.63, 3.8) is 0 Å².